The summed E-state index contributed by atoms with van der Waals surface area (Å²) in [5, 5.41) is 0. The third-order valence-corrected chi connectivity index (χ3v) is 2.69. The predicted octanol–water partition coefficient (Wildman–Crippen LogP) is 0.557. The summed E-state index contributed by atoms with van der Waals surface area (Å²) in [4.78, 5) is 20.1. The van der Waals surface area contributed by atoms with Gasteiger partial charge in [-0.3, -0.25) is 9.36 Å². The number of nitrogens with two attached hydrogens (primary N) is 1. The fourth-order valence-electron chi connectivity index (χ4n) is 0.806. The maximum Gasteiger partial charge on any atom is 0.322 e. The molecule has 2 atom stereocenters. The quantitative estimate of drug-likeness (QED) is 0.507. The SMILES string of the molecule is CCCOC(=O)C(N)CCP(C)(=O)O. The van der Waals surface area contributed by atoms with Crippen LogP contribution >= 0.6 is 7.37 Å². The number of hydrogen-bond donors (Lipinski definition) is 2. The van der Waals surface area contributed by atoms with Crippen LogP contribution in [0.3, 0.4) is 0 Å². The second kappa shape index (κ2) is 6.17. The lowest BCUT2D eigenvalue weighted by Crippen LogP contribution is -2.33. The molecular formula is C8H18NO4P. The molecule has 0 fully saturated rings. The monoisotopic (exact) mass is 223 g/mol. The topological polar surface area (TPSA) is 89.6 Å². The molecule has 0 radical (unpaired) electrons. The van der Waals surface area contributed by atoms with Gasteiger partial charge in [-0.2, -0.15) is 0 Å². The highest BCUT2D eigenvalue weighted by Crippen LogP contribution is 2.35. The van der Waals surface area contributed by atoms with Crippen molar-refractivity contribution in [2.75, 3.05) is 19.4 Å². The van der Waals surface area contributed by atoms with E-state index >= 15 is 0 Å². The van der Waals surface area contributed by atoms with Crippen molar-refractivity contribution in [3.63, 3.8) is 0 Å². The van der Waals surface area contributed by atoms with Crippen LogP contribution in [0.4, 0.5) is 0 Å². The van der Waals surface area contributed by atoms with Crippen LogP contribution in [-0.2, 0) is 14.1 Å². The minimum atomic E-state index is -3.07. The minimum absolute atomic E-state index is 0.0510. The Bertz CT molecular complexity index is 225. The standard InChI is InChI=1S/C8H18NO4P/c1-3-5-13-8(10)7(9)4-6-14(2,11)12/h7H,3-6,9H2,1-2H3,(H,11,12). The summed E-state index contributed by atoms with van der Waals surface area (Å²) in [6.07, 6.45) is 0.979. The maximum atomic E-state index is 11.1. The van der Waals surface area contributed by atoms with Gasteiger partial charge in [0.2, 0.25) is 0 Å². The number of rotatable bonds is 6. The van der Waals surface area contributed by atoms with E-state index in [9.17, 15) is 9.36 Å². The molecule has 0 saturated heterocycles. The van der Waals surface area contributed by atoms with Crippen LogP contribution in [0.1, 0.15) is 19.8 Å². The molecule has 6 heteroatoms. The third-order valence-electron chi connectivity index (χ3n) is 1.61. The molecule has 0 aromatic heterocycles. The van der Waals surface area contributed by atoms with E-state index in [4.69, 9.17) is 15.4 Å². The molecule has 0 aromatic carbocycles. The van der Waals surface area contributed by atoms with E-state index in [1.165, 1.54) is 6.66 Å². The minimum Gasteiger partial charge on any atom is -0.465 e. The average molecular weight is 223 g/mol. The van der Waals surface area contributed by atoms with Gasteiger partial charge in [0, 0.05) is 12.8 Å². The zero-order valence-electron chi connectivity index (χ0n) is 8.60. The average Bonchev–Trinajstić information content (AvgIpc) is 2.09. The van der Waals surface area contributed by atoms with E-state index in [0.29, 0.717) is 6.61 Å². The summed E-state index contributed by atoms with van der Waals surface area (Å²) < 4.78 is 15.7. The van der Waals surface area contributed by atoms with Crippen molar-refractivity contribution in [3.05, 3.63) is 0 Å². The second-order valence-electron chi connectivity index (χ2n) is 3.34. The summed E-state index contributed by atoms with van der Waals surface area (Å²) in [5.41, 5.74) is 5.46. The van der Waals surface area contributed by atoms with Gasteiger partial charge in [-0.1, -0.05) is 6.92 Å². The number of carbonyl (C=O) groups is 1. The van der Waals surface area contributed by atoms with Crippen molar-refractivity contribution in [1.82, 2.24) is 0 Å². The molecule has 14 heavy (non-hydrogen) atoms. The Labute approximate surface area is 84.1 Å². The van der Waals surface area contributed by atoms with Gasteiger partial charge in [0.25, 0.3) is 0 Å². The third kappa shape index (κ3) is 7.06. The first-order valence-corrected chi connectivity index (χ1v) is 6.87. The van der Waals surface area contributed by atoms with E-state index in [-0.39, 0.29) is 12.6 Å². The molecule has 0 spiro atoms. The van der Waals surface area contributed by atoms with Crippen LogP contribution in [0, 0.1) is 0 Å². The highest BCUT2D eigenvalue weighted by molar-refractivity contribution is 7.57. The van der Waals surface area contributed by atoms with Gasteiger partial charge in [0.05, 0.1) is 6.61 Å². The van der Waals surface area contributed by atoms with E-state index in [1.54, 1.807) is 0 Å². The first kappa shape index (κ1) is 13.6. The van der Waals surface area contributed by atoms with Crippen LogP contribution in [0.2, 0.25) is 0 Å². The Balaban J connectivity index is 3.78. The summed E-state index contributed by atoms with van der Waals surface area (Å²) in [5.74, 6) is -0.500. The molecule has 0 bridgehead atoms. The van der Waals surface area contributed by atoms with Gasteiger partial charge in [-0.15, -0.1) is 0 Å². The molecule has 5 nitrogen and oxygen atoms in total. The highest BCUT2D eigenvalue weighted by atomic mass is 31.2. The van der Waals surface area contributed by atoms with Crippen LogP contribution in [0.5, 0.6) is 0 Å². The molecule has 3 N–H and O–H groups in total. The molecule has 0 aliphatic rings. The number of hydrogen-bond acceptors (Lipinski definition) is 4. The van der Waals surface area contributed by atoms with Crippen LogP contribution in [0.25, 0.3) is 0 Å². The van der Waals surface area contributed by atoms with Crippen molar-refractivity contribution >= 4 is 13.3 Å². The number of ether oxygens (including phenoxy) is 1. The number of carbonyl (C=O) groups excluding carboxylic acids is 1. The molecule has 0 aliphatic carbocycles. The largest absolute Gasteiger partial charge is 0.465 e. The van der Waals surface area contributed by atoms with Crippen LogP contribution in [-0.4, -0.2) is 36.3 Å². The summed E-state index contributed by atoms with van der Waals surface area (Å²) in [6, 6.07) is -0.790. The Morgan fingerprint density at radius 2 is 2.21 bits per heavy atom. The number of esters is 1. The fraction of sp³-hybridized carbons (Fsp3) is 0.875. The molecule has 84 valence electrons. The van der Waals surface area contributed by atoms with E-state index in [1.807, 2.05) is 6.92 Å². The molecule has 0 amide bonds. The first-order valence-electron chi connectivity index (χ1n) is 4.58. The van der Waals surface area contributed by atoms with Crippen molar-refractivity contribution in [3.8, 4) is 0 Å². The van der Waals surface area contributed by atoms with Crippen LogP contribution in [0.15, 0.2) is 0 Å². The lowest BCUT2D eigenvalue weighted by atomic mass is 10.2. The Morgan fingerprint density at radius 1 is 1.64 bits per heavy atom. The molecule has 2 unspecified atom stereocenters. The lowest BCUT2D eigenvalue weighted by Gasteiger charge is -2.11. The molecule has 0 rings (SSSR count). The lowest BCUT2D eigenvalue weighted by molar-refractivity contribution is -0.145. The van der Waals surface area contributed by atoms with Crippen molar-refractivity contribution < 1.29 is 19.0 Å². The van der Waals surface area contributed by atoms with E-state index < -0.39 is 19.4 Å². The molecule has 0 saturated carbocycles. The second-order valence-corrected chi connectivity index (χ2v) is 5.89. The van der Waals surface area contributed by atoms with Gasteiger partial charge in [0.15, 0.2) is 7.37 Å². The smallest absolute Gasteiger partial charge is 0.322 e. The van der Waals surface area contributed by atoms with E-state index in [2.05, 4.69) is 0 Å². The van der Waals surface area contributed by atoms with Gasteiger partial charge < -0.3 is 15.4 Å². The summed E-state index contributed by atoms with van der Waals surface area (Å²) in [7, 11) is -3.07. The molecule has 0 heterocycles. The first-order chi connectivity index (χ1) is 6.37. The van der Waals surface area contributed by atoms with Gasteiger partial charge in [0.1, 0.15) is 6.04 Å². The molecule has 0 aromatic rings. The normalized spacial score (nSPS) is 17.1. The molecule has 0 aliphatic heterocycles. The summed E-state index contributed by atoms with van der Waals surface area (Å²) >= 11 is 0. The van der Waals surface area contributed by atoms with E-state index in [0.717, 1.165) is 6.42 Å². The van der Waals surface area contributed by atoms with Gasteiger partial charge in [-0.05, 0) is 12.8 Å². The zero-order valence-corrected chi connectivity index (χ0v) is 9.50. The van der Waals surface area contributed by atoms with Crippen molar-refractivity contribution in [2.45, 2.75) is 25.8 Å². The van der Waals surface area contributed by atoms with Crippen molar-refractivity contribution in [2.24, 2.45) is 5.73 Å². The Hall–Kier alpha value is -0.380. The zero-order chi connectivity index (χ0) is 11.2. The Morgan fingerprint density at radius 3 is 2.64 bits per heavy atom. The van der Waals surface area contributed by atoms with Crippen molar-refractivity contribution in [1.29, 1.82) is 0 Å². The van der Waals surface area contributed by atoms with Crippen LogP contribution < -0.4 is 5.73 Å². The predicted molar refractivity (Wildman–Crippen MR) is 54.5 cm³/mol. The maximum absolute atomic E-state index is 11.1. The highest BCUT2D eigenvalue weighted by Gasteiger charge is 2.18. The summed E-state index contributed by atoms with van der Waals surface area (Å²) in [6.45, 7) is 3.47. The molecular weight excluding hydrogens is 205 g/mol. The Kier molecular flexibility index (Phi) is 6.00. The van der Waals surface area contributed by atoms with Gasteiger partial charge in [-0.25, -0.2) is 0 Å². The van der Waals surface area contributed by atoms with Gasteiger partial charge >= 0.3 is 5.97 Å². The fourth-order valence-corrected chi connectivity index (χ4v) is 1.56.